The van der Waals surface area contributed by atoms with Gasteiger partial charge >= 0.3 is 0 Å². The van der Waals surface area contributed by atoms with E-state index in [4.69, 9.17) is 0 Å². The summed E-state index contributed by atoms with van der Waals surface area (Å²) in [4.78, 5) is 0. The number of rotatable bonds is 0. The molecule has 0 aromatic carbocycles. The molecule has 60 valence electrons. The third-order valence-corrected chi connectivity index (χ3v) is 2.74. The molecule has 0 saturated heterocycles. The van der Waals surface area contributed by atoms with Gasteiger partial charge in [-0.15, -0.1) is 0 Å². The van der Waals surface area contributed by atoms with Crippen molar-refractivity contribution in [1.29, 1.82) is 0 Å². The van der Waals surface area contributed by atoms with E-state index in [-0.39, 0.29) is 0 Å². The summed E-state index contributed by atoms with van der Waals surface area (Å²) in [7, 11) is 0. The quantitative estimate of drug-likeness (QED) is 0.533. The minimum absolute atomic E-state index is 0.722. The lowest BCUT2D eigenvalue weighted by molar-refractivity contribution is -0.153. The molecule has 2 atom stereocenters. The molecule has 2 nitrogen and oxygen atoms in total. The molecule has 1 saturated carbocycles. The van der Waals surface area contributed by atoms with E-state index < -0.39 is 11.2 Å². The number of aliphatic hydroxyl groups is 2. The van der Waals surface area contributed by atoms with E-state index >= 15 is 0 Å². The lowest BCUT2D eigenvalue weighted by atomic mass is 9.74. The zero-order valence-electron chi connectivity index (χ0n) is 6.72. The van der Waals surface area contributed by atoms with Gasteiger partial charge in [0.05, 0.1) is 11.2 Å². The lowest BCUT2D eigenvalue weighted by Crippen LogP contribution is -2.51. The summed E-state index contributed by atoms with van der Waals surface area (Å²) in [5.74, 6) is 0. The molecule has 0 bridgehead atoms. The molecule has 0 aromatic rings. The zero-order chi connectivity index (χ0) is 7.83. The van der Waals surface area contributed by atoms with Crippen LogP contribution in [0.5, 0.6) is 0 Å². The number of hydrogen-bond acceptors (Lipinski definition) is 2. The van der Waals surface area contributed by atoms with Crippen LogP contribution in [-0.2, 0) is 0 Å². The van der Waals surface area contributed by atoms with E-state index in [2.05, 4.69) is 0 Å². The third kappa shape index (κ3) is 1.18. The Bertz CT molecular complexity index is 111. The van der Waals surface area contributed by atoms with Crippen LogP contribution in [0.3, 0.4) is 0 Å². The molecular weight excluding hydrogens is 128 g/mol. The van der Waals surface area contributed by atoms with Crippen molar-refractivity contribution in [2.24, 2.45) is 0 Å². The second-order valence-corrected chi connectivity index (χ2v) is 3.75. The van der Waals surface area contributed by atoms with Crippen molar-refractivity contribution >= 4 is 0 Å². The van der Waals surface area contributed by atoms with Gasteiger partial charge in [0, 0.05) is 0 Å². The summed E-state index contributed by atoms with van der Waals surface area (Å²) in [6.07, 6.45) is 3.51. The van der Waals surface area contributed by atoms with Crippen LogP contribution in [0, 0.1) is 0 Å². The first-order valence-corrected chi connectivity index (χ1v) is 3.90. The van der Waals surface area contributed by atoms with E-state index in [1.807, 2.05) is 0 Å². The second-order valence-electron chi connectivity index (χ2n) is 3.75. The molecule has 10 heavy (non-hydrogen) atoms. The molecule has 0 amide bonds. The van der Waals surface area contributed by atoms with Gasteiger partial charge < -0.3 is 10.2 Å². The Morgan fingerprint density at radius 3 is 1.40 bits per heavy atom. The second kappa shape index (κ2) is 2.21. The lowest BCUT2D eigenvalue weighted by Gasteiger charge is -2.42. The maximum atomic E-state index is 9.65. The molecule has 1 fully saturated rings. The van der Waals surface area contributed by atoms with Gasteiger partial charge in [-0.25, -0.2) is 0 Å². The van der Waals surface area contributed by atoms with Crippen LogP contribution in [0.4, 0.5) is 0 Å². The van der Waals surface area contributed by atoms with Gasteiger partial charge in [-0.2, -0.15) is 0 Å². The molecule has 0 radical (unpaired) electrons. The van der Waals surface area contributed by atoms with Crippen molar-refractivity contribution in [2.75, 3.05) is 0 Å². The fourth-order valence-corrected chi connectivity index (χ4v) is 1.48. The van der Waals surface area contributed by atoms with Crippen molar-refractivity contribution in [3.8, 4) is 0 Å². The smallest absolute Gasteiger partial charge is 0.0902 e. The predicted octanol–water partition coefficient (Wildman–Crippen LogP) is 1.06. The SMILES string of the molecule is C[C@]1(O)CCCC[C@]1(C)O. The van der Waals surface area contributed by atoms with E-state index in [0.29, 0.717) is 0 Å². The van der Waals surface area contributed by atoms with Crippen molar-refractivity contribution in [3.63, 3.8) is 0 Å². The highest BCUT2D eigenvalue weighted by Crippen LogP contribution is 2.36. The van der Waals surface area contributed by atoms with Crippen LogP contribution >= 0.6 is 0 Å². The molecule has 0 aliphatic heterocycles. The van der Waals surface area contributed by atoms with Gasteiger partial charge in [0.1, 0.15) is 0 Å². The summed E-state index contributed by atoms with van der Waals surface area (Å²) in [6.45, 7) is 3.43. The van der Waals surface area contributed by atoms with Crippen LogP contribution in [0.2, 0.25) is 0 Å². The molecule has 1 aliphatic carbocycles. The van der Waals surface area contributed by atoms with Crippen molar-refractivity contribution in [3.05, 3.63) is 0 Å². The molecule has 0 aromatic heterocycles. The van der Waals surface area contributed by atoms with Crippen LogP contribution in [0.25, 0.3) is 0 Å². The molecule has 1 aliphatic rings. The van der Waals surface area contributed by atoms with Crippen molar-refractivity contribution < 1.29 is 10.2 Å². The van der Waals surface area contributed by atoms with Gasteiger partial charge in [0.2, 0.25) is 0 Å². The largest absolute Gasteiger partial charge is 0.387 e. The molecule has 0 spiro atoms. The highest BCUT2D eigenvalue weighted by atomic mass is 16.4. The summed E-state index contributed by atoms with van der Waals surface area (Å²) in [5, 5.41) is 19.3. The molecule has 1 rings (SSSR count). The molecule has 0 unspecified atom stereocenters. The maximum absolute atomic E-state index is 9.65. The first-order chi connectivity index (χ1) is 4.46. The zero-order valence-corrected chi connectivity index (χ0v) is 6.72. The van der Waals surface area contributed by atoms with E-state index in [9.17, 15) is 10.2 Å². The van der Waals surface area contributed by atoms with Gasteiger partial charge in [0.15, 0.2) is 0 Å². The first kappa shape index (κ1) is 8.02. The summed E-state index contributed by atoms with van der Waals surface area (Å²) < 4.78 is 0. The van der Waals surface area contributed by atoms with E-state index in [1.54, 1.807) is 13.8 Å². The summed E-state index contributed by atoms with van der Waals surface area (Å²) in [5.41, 5.74) is -1.74. The first-order valence-electron chi connectivity index (χ1n) is 3.90. The van der Waals surface area contributed by atoms with E-state index in [1.165, 1.54) is 0 Å². The minimum atomic E-state index is -0.870. The van der Waals surface area contributed by atoms with Crippen molar-refractivity contribution in [2.45, 2.75) is 50.7 Å². The summed E-state index contributed by atoms with van der Waals surface area (Å²) in [6, 6.07) is 0. The molecular formula is C8H16O2. The van der Waals surface area contributed by atoms with Gasteiger partial charge in [-0.3, -0.25) is 0 Å². The fraction of sp³-hybridized carbons (Fsp3) is 1.00. The molecule has 2 heteroatoms. The monoisotopic (exact) mass is 144 g/mol. The van der Waals surface area contributed by atoms with Gasteiger partial charge in [-0.05, 0) is 26.7 Å². The average molecular weight is 144 g/mol. The standard InChI is InChI=1S/C8H16O2/c1-7(9)5-3-4-6-8(7,2)10/h9-10H,3-6H2,1-2H3/t7-,8-/m0/s1. The Balaban J connectivity index is 2.70. The predicted molar refractivity (Wildman–Crippen MR) is 39.7 cm³/mol. The minimum Gasteiger partial charge on any atom is -0.387 e. The van der Waals surface area contributed by atoms with Crippen LogP contribution < -0.4 is 0 Å². The normalized spacial score (nSPS) is 49.2. The maximum Gasteiger partial charge on any atom is 0.0902 e. The topological polar surface area (TPSA) is 40.5 Å². The molecule has 2 N–H and O–H groups in total. The molecule has 0 heterocycles. The summed E-state index contributed by atoms with van der Waals surface area (Å²) >= 11 is 0. The average Bonchev–Trinajstić information content (AvgIpc) is 1.77. The highest BCUT2D eigenvalue weighted by molar-refractivity contribution is 4.96. The van der Waals surface area contributed by atoms with E-state index in [0.717, 1.165) is 25.7 Å². The van der Waals surface area contributed by atoms with Gasteiger partial charge in [0.25, 0.3) is 0 Å². The Labute approximate surface area is 61.9 Å². The van der Waals surface area contributed by atoms with Crippen LogP contribution in [-0.4, -0.2) is 21.4 Å². The Kier molecular flexibility index (Phi) is 1.77. The Morgan fingerprint density at radius 1 is 0.900 bits per heavy atom. The Morgan fingerprint density at radius 2 is 1.20 bits per heavy atom. The van der Waals surface area contributed by atoms with Crippen LogP contribution in [0.1, 0.15) is 39.5 Å². The fourth-order valence-electron chi connectivity index (χ4n) is 1.48. The highest BCUT2D eigenvalue weighted by Gasteiger charge is 2.43. The van der Waals surface area contributed by atoms with Crippen LogP contribution in [0.15, 0.2) is 0 Å². The van der Waals surface area contributed by atoms with Crippen molar-refractivity contribution in [1.82, 2.24) is 0 Å². The van der Waals surface area contributed by atoms with Gasteiger partial charge in [-0.1, -0.05) is 12.8 Å². The number of hydrogen-bond donors (Lipinski definition) is 2. The Hall–Kier alpha value is -0.0800. The third-order valence-electron chi connectivity index (χ3n) is 2.74.